The van der Waals surface area contributed by atoms with Gasteiger partial charge in [0.2, 0.25) is 0 Å². The van der Waals surface area contributed by atoms with E-state index in [1.165, 1.54) is 13.4 Å². The normalized spacial score (nSPS) is 12.3. The van der Waals surface area contributed by atoms with E-state index in [0.717, 1.165) is 11.6 Å². The van der Waals surface area contributed by atoms with Gasteiger partial charge in [0.05, 0.1) is 24.2 Å². The summed E-state index contributed by atoms with van der Waals surface area (Å²) in [5.41, 5.74) is 0.437. The van der Waals surface area contributed by atoms with E-state index in [0.29, 0.717) is 23.8 Å². The molecule has 0 aliphatic rings. The Balaban J connectivity index is 1.79. The van der Waals surface area contributed by atoms with Gasteiger partial charge in [-0.3, -0.25) is 0 Å². The Bertz CT molecular complexity index is 522. The molecule has 6 heteroatoms. The van der Waals surface area contributed by atoms with Crippen LogP contribution < -0.4 is 5.32 Å². The highest BCUT2D eigenvalue weighted by atomic mass is 32.1. The van der Waals surface area contributed by atoms with E-state index in [1.54, 1.807) is 17.4 Å². The van der Waals surface area contributed by atoms with Crippen molar-refractivity contribution < 1.29 is 13.9 Å². The van der Waals surface area contributed by atoms with Gasteiger partial charge in [0, 0.05) is 24.0 Å². The third-order valence-corrected chi connectivity index (χ3v) is 3.70. The van der Waals surface area contributed by atoms with Crippen LogP contribution in [0.2, 0.25) is 0 Å². The standard InChI is InChI=1S/C13H16N2O3S/c1-9(12-15-3-4-19-12)6-14-7-11-5-10(8-18-11)13(16)17-2/h3-5,8-9,14H,6-7H2,1-2H3. The van der Waals surface area contributed by atoms with E-state index >= 15 is 0 Å². The Labute approximate surface area is 115 Å². The molecule has 0 amide bonds. The number of nitrogens with zero attached hydrogens (tertiary/aromatic N) is 1. The molecule has 19 heavy (non-hydrogen) atoms. The summed E-state index contributed by atoms with van der Waals surface area (Å²) in [6, 6.07) is 1.69. The van der Waals surface area contributed by atoms with Crippen LogP contribution in [-0.4, -0.2) is 24.6 Å². The zero-order chi connectivity index (χ0) is 13.7. The number of hydrogen-bond acceptors (Lipinski definition) is 6. The van der Waals surface area contributed by atoms with Gasteiger partial charge in [-0.1, -0.05) is 6.92 Å². The number of furan rings is 1. The largest absolute Gasteiger partial charge is 0.467 e. The van der Waals surface area contributed by atoms with Gasteiger partial charge in [-0.25, -0.2) is 9.78 Å². The average molecular weight is 280 g/mol. The molecule has 0 saturated heterocycles. The second kappa shape index (κ2) is 6.49. The molecule has 0 aromatic carbocycles. The molecular weight excluding hydrogens is 264 g/mol. The van der Waals surface area contributed by atoms with E-state index < -0.39 is 0 Å². The number of rotatable bonds is 6. The predicted octanol–water partition coefficient (Wildman–Crippen LogP) is 2.42. The van der Waals surface area contributed by atoms with Crippen molar-refractivity contribution in [1.82, 2.24) is 10.3 Å². The SMILES string of the molecule is COC(=O)c1coc(CNCC(C)c2nccs2)c1. The molecule has 1 unspecified atom stereocenters. The van der Waals surface area contributed by atoms with Gasteiger partial charge in [-0.15, -0.1) is 11.3 Å². The third-order valence-electron chi connectivity index (χ3n) is 2.70. The Morgan fingerprint density at radius 2 is 2.47 bits per heavy atom. The summed E-state index contributed by atoms with van der Waals surface area (Å²) in [4.78, 5) is 15.5. The highest BCUT2D eigenvalue weighted by molar-refractivity contribution is 7.09. The minimum absolute atomic E-state index is 0.357. The first-order valence-electron chi connectivity index (χ1n) is 5.96. The number of nitrogens with one attached hydrogen (secondary N) is 1. The van der Waals surface area contributed by atoms with Gasteiger partial charge in [0.1, 0.15) is 12.0 Å². The lowest BCUT2D eigenvalue weighted by Gasteiger charge is -2.08. The summed E-state index contributed by atoms with van der Waals surface area (Å²) in [5.74, 6) is 0.688. The number of carbonyl (C=O) groups is 1. The number of esters is 1. The van der Waals surface area contributed by atoms with Gasteiger partial charge in [-0.05, 0) is 6.07 Å². The summed E-state index contributed by atoms with van der Waals surface area (Å²) >= 11 is 1.65. The monoisotopic (exact) mass is 280 g/mol. The molecule has 0 aliphatic heterocycles. The smallest absolute Gasteiger partial charge is 0.341 e. The molecule has 1 atom stereocenters. The lowest BCUT2D eigenvalue weighted by atomic mass is 10.2. The van der Waals surface area contributed by atoms with Crippen LogP contribution in [-0.2, 0) is 11.3 Å². The number of thiazole rings is 1. The number of methoxy groups -OCH3 is 1. The molecule has 0 radical (unpaired) electrons. The minimum Gasteiger partial charge on any atom is -0.467 e. The van der Waals surface area contributed by atoms with Crippen molar-refractivity contribution in [3.05, 3.63) is 40.2 Å². The summed E-state index contributed by atoms with van der Waals surface area (Å²) in [5, 5.41) is 6.37. The topological polar surface area (TPSA) is 64.4 Å². The summed E-state index contributed by atoms with van der Waals surface area (Å²) in [7, 11) is 1.35. The summed E-state index contributed by atoms with van der Waals surface area (Å²) in [6.45, 7) is 3.50. The number of carbonyl (C=O) groups excluding carboxylic acids is 1. The molecular formula is C13H16N2O3S. The molecule has 2 aromatic rings. The Morgan fingerprint density at radius 3 is 3.16 bits per heavy atom. The first kappa shape index (κ1) is 13.8. The summed E-state index contributed by atoms with van der Waals surface area (Å²) < 4.78 is 9.90. The first-order valence-corrected chi connectivity index (χ1v) is 6.84. The maximum atomic E-state index is 11.3. The zero-order valence-electron chi connectivity index (χ0n) is 10.9. The minimum atomic E-state index is -0.383. The first-order chi connectivity index (χ1) is 9.20. The van der Waals surface area contributed by atoms with Crippen LogP contribution in [0.5, 0.6) is 0 Å². The molecule has 0 aliphatic carbocycles. The van der Waals surface area contributed by atoms with Crippen LogP contribution in [0.15, 0.2) is 28.3 Å². The quantitative estimate of drug-likeness (QED) is 0.823. The molecule has 0 saturated carbocycles. The number of hydrogen-bond donors (Lipinski definition) is 1. The molecule has 1 N–H and O–H groups in total. The Hall–Kier alpha value is -1.66. The third kappa shape index (κ3) is 3.65. The lowest BCUT2D eigenvalue weighted by Crippen LogP contribution is -2.19. The second-order valence-corrected chi connectivity index (χ2v) is 5.12. The zero-order valence-corrected chi connectivity index (χ0v) is 11.7. The molecule has 0 fully saturated rings. The fourth-order valence-electron chi connectivity index (χ4n) is 1.68. The van der Waals surface area contributed by atoms with Gasteiger partial charge >= 0.3 is 5.97 Å². The van der Waals surface area contributed by atoms with Crippen LogP contribution >= 0.6 is 11.3 Å². The Morgan fingerprint density at radius 1 is 1.63 bits per heavy atom. The van der Waals surface area contributed by atoms with Crippen molar-refractivity contribution in [3.63, 3.8) is 0 Å². The Kier molecular flexibility index (Phi) is 4.70. The molecule has 5 nitrogen and oxygen atoms in total. The number of ether oxygens (including phenoxy) is 1. The molecule has 2 heterocycles. The van der Waals surface area contributed by atoms with E-state index in [4.69, 9.17) is 4.42 Å². The van der Waals surface area contributed by atoms with E-state index in [-0.39, 0.29) is 5.97 Å². The predicted molar refractivity (Wildman–Crippen MR) is 72.3 cm³/mol. The molecule has 2 rings (SSSR count). The average Bonchev–Trinajstić information content (AvgIpc) is 3.08. The van der Waals surface area contributed by atoms with E-state index in [2.05, 4.69) is 22.0 Å². The maximum absolute atomic E-state index is 11.3. The lowest BCUT2D eigenvalue weighted by molar-refractivity contribution is 0.0600. The van der Waals surface area contributed by atoms with Crippen LogP contribution in [0.4, 0.5) is 0 Å². The van der Waals surface area contributed by atoms with Crippen molar-refractivity contribution in [2.24, 2.45) is 0 Å². The molecule has 0 spiro atoms. The fraction of sp³-hybridized carbons (Fsp3) is 0.385. The van der Waals surface area contributed by atoms with Crippen LogP contribution in [0, 0.1) is 0 Å². The second-order valence-electron chi connectivity index (χ2n) is 4.20. The molecule has 0 bridgehead atoms. The molecule has 2 aromatic heterocycles. The highest BCUT2D eigenvalue weighted by Gasteiger charge is 2.11. The summed E-state index contributed by atoms with van der Waals surface area (Å²) in [6.07, 6.45) is 3.22. The van der Waals surface area contributed by atoms with Gasteiger partial charge < -0.3 is 14.5 Å². The van der Waals surface area contributed by atoms with Crippen LogP contribution in [0.3, 0.4) is 0 Å². The van der Waals surface area contributed by atoms with Gasteiger partial charge in [-0.2, -0.15) is 0 Å². The van der Waals surface area contributed by atoms with Gasteiger partial charge in [0.25, 0.3) is 0 Å². The number of aromatic nitrogens is 1. The van der Waals surface area contributed by atoms with Crippen molar-refractivity contribution in [2.75, 3.05) is 13.7 Å². The van der Waals surface area contributed by atoms with E-state index in [1.807, 2.05) is 11.6 Å². The van der Waals surface area contributed by atoms with Gasteiger partial charge in [0.15, 0.2) is 0 Å². The maximum Gasteiger partial charge on any atom is 0.341 e. The van der Waals surface area contributed by atoms with E-state index in [9.17, 15) is 4.79 Å². The highest BCUT2D eigenvalue weighted by Crippen LogP contribution is 2.16. The molecule has 102 valence electrons. The van der Waals surface area contributed by atoms with Crippen molar-refractivity contribution >= 4 is 17.3 Å². The fourth-order valence-corrected chi connectivity index (χ4v) is 2.37. The van der Waals surface area contributed by atoms with Crippen molar-refractivity contribution in [2.45, 2.75) is 19.4 Å². The van der Waals surface area contributed by atoms with Crippen LogP contribution in [0.25, 0.3) is 0 Å². The van der Waals surface area contributed by atoms with Crippen molar-refractivity contribution in [1.29, 1.82) is 0 Å². The van der Waals surface area contributed by atoms with Crippen LogP contribution in [0.1, 0.15) is 34.0 Å². The van der Waals surface area contributed by atoms with Crippen molar-refractivity contribution in [3.8, 4) is 0 Å².